The van der Waals surface area contributed by atoms with Crippen molar-refractivity contribution in [2.24, 2.45) is 5.73 Å². The highest BCUT2D eigenvalue weighted by Gasteiger charge is 2.26. The molecule has 0 amide bonds. The smallest absolute Gasteiger partial charge is 0.462 e. The minimum absolute atomic E-state index is 0.0520. The zero-order valence-corrected chi connectivity index (χ0v) is 51.6. The zero-order chi connectivity index (χ0) is 55.9. The Hall–Kier alpha value is -2.03. The van der Waals surface area contributed by atoms with Gasteiger partial charge in [0.05, 0.1) is 13.2 Å². The molecule has 0 heterocycles. The van der Waals surface area contributed by atoms with Crippen LogP contribution in [0.4, 0.5) is 0 Å². The summed E-state index contributed by atoms with van der Waals surface area (Å²) in [4.78, 5) is 35.3. The molecule has 0 radical (unpaired) electrons. The van der Waals surface area contributed by atoms with Gasteiger partial charge in [-0.15, -0.1) is 0 Å². The predicted octanol–water partition coefficient (Wildman–Crippen LogP) is 21.3. The summed E-state index contributed by atoms with van der Waals surface area (Å²) in [6.45, 7) is 3.67. The van der Waals surface area contributed by atoms with Crippen molar-refractivity contribution >= 4 is 19.8 Å². The van der Waals surface area contributed by atoms with Crippen molar-refractivity contribution in [3.63, 3.8) is 0 Å². The number of rotatable bonds is 63. The van der Waals surface area contributed by atoms with E-state index in [0.29, 0.717) is 6.42 Å². The summed E-state index contributed by atoms with van der Waals surface area (Å²) >= 11 is 0. The summed E-state index contributed by atoms with van der Waals surface area (Å²) in [7, 11) is -4.39. The van der Waals surface area contributed by atoms with Gasteiger partial charge in [0, 0.05) is 19.4 Å². The molecule has 452 valence electrons. The average molecular weight is 1100 g/mol. The first-order valence-corrected chi connectivity index (χ1v) is 34.6. The van der Waals surface area contributed by atoms with Crippen LogP contribution in [0.5, 0.6) is 0 Å². The maximum absolute atomic E-state index is 12.7. The van der Waals surface area contributed by atoms with E-state index in [-0.39, 0.29) is 38.6 Å². The molecule has 2 unspecified atom stereocenters. The van der Waals surface area contributed by atoms with Gasteiger partial charge in [-0.05, 0) is 51.4 Å². The first-order valence-electron chi connectivity index (χ1n) is 33.1. The van der Waals surface area contributed by atoms with Gasteiger partial charge in [-0.2, -0.15) is 0 Å². The van der Waals surface area contributed by atoms with E-state index in [4.69, 9.17) is 24.3 Å². The summed E-state index contributed by atoms with van der Waals surface area (Å²) < 4.78 is 33.1. The van der Waals surface area contributed by atoms with Crippen molar-refractivity contribution in [3.05, 3.63) is 48.6 Å². The van der Waals surface area contributed by atoms with Crippen molar-refractivity contribution < 1.29 is 37.6 Å². The predicted molar refractivity (Wildman–Crippen MR) is 330 cm³/mol. The van der Waals surface area contributed by atoms with Crippen molar-refractivity contribution in [1.82, 2.24) is 0 Å². The molecular formula is C67H126NO8P. The Morgan fingerprint density at radius 3 is 1.06 bits per heavy atom. The fourth-order valence-electron chi connectivity index (χ4n) is 9.87. The van der Waals surface area contributed by atoms with Gasteiger partial charge in [-0.3, -0.25) is 18.6 Å². The Morgan fingerprint density at radius 2 is 0.714 bits per heavy atom. The summed E-state index contributed by atoms with van der Waals surface area (Å²) in [5.41, 5.74) is 5.39. The monoisotopic (exact) mass is 1100 g/mol. The normalized spacial score (nSPS) is 13.2. The third-order valence-electron chi connectivity index (χ3n) is 14.7. The number of esters is 2. The number of phosphoric acid groups is 1. The van der Waals surface area contributed by atoms with Gasteiger partial charge in [0.15, 0.2) is 6.10 Å². The third-order valence-corrected chi connectivity index (χ3v) is 15.7. The Labute approximate surface area is 477 Å². The molecule has 0 fully saturated rings. The van der Waals surface area contributed by atoms with Crippen LogP contribution in [0.2, 0.25) is 0 Å². The molecule has 0 aromatic carbocycles. The standard InChI is InChI=1S/C67H126NO8P/c1-3-5-7-9-11-13-15-17-19-21-23-25-26-27-28-29-30-31-32-33-34-35-36-37-38-40-41-43-45-47-49-51-53-55-57-59-66(69)73-63-65(64-75-77(71,72)74-62-61-68)76-67(70)60-58-56-54-52-50-48-46-44-42-39-24-22-20-18-16-14-12-10-8-6-4-2/h6,8,12,14,18,20,24,39,65H,3-5,7,9-11,13,15-17,19,21-23,25-38,40-64,68H2,1-2H3,(H,71,72)/b8-6-,14-12-,20-18-,39-24-. The molecule has 9 nitrogen and oxygen atoms in total. The van der Waals surface area contributed by atoms with E-state index in [1.54, 1.807) is 0 Å². The molecule has 77 heavy (non-hydrogen) atoms. The molecule has 10 heteroatoms. The van der Waals surface area contributed by atoms with Gasteiger partial charge < -0.3 is 20.1 Å². The van der Waals surface area contributed by atoms with Gasteiger partial charge in [0.25, 0.3) is 0 Å². The molecule has 0 aromatic heterocycles. The fraction of sp³-hybridized carbons (Fsp3) is 0.851. The van der Waals surface area contributed by atoms with E-state index in [9.17, 15) is 19.0 Å². The molecule has 0 aliphatic heterocycles. The summed E-state index contributed by atoms with van der Waals surface area (Å²) in [5, 5.41) is 0. The molecule has 0 rings (SSSR count). The van der Waals surface area contributed by atoms with Crippen LogP contribution in [0, 0.1) is 0 Å². The maximum atomic E-state index is 12.7. The van der Waals surface area contributed by atoms with E-state index in [1.165, 1.54) is 231 Å². The van der Waals surface area contributed by atoms with Crippen LogP contribution in [0.15, 0.2) is 48.6 Å². The van der Waals surface area contributed by atoms with Crippen LogP contribution >= 0.6 is 7.82 Å². The van der Waals surface area contributed by atoms with Crippen LogP contribution in [-0.4, -0.2) is 49.3 Å². The van der Waals surface area contributed by atoms with E-state index < -0.39 is 26.5 Å². The Balaban J connectivity index is 3.81. The number of ether oxygens (including phenoxy) is 2. The van der Waals surface area contributed by atoms with Crippen LogP contribution in [0.1, 0.15) is 335 Å². The summed E-state index contributed by atoms with van der Waals surface area (Å²) in [5.74, 6) is -0.823. The number of carbonyl (C=O) groups excluding carboxylic acids is 2. The second-order valence-electron chi connectivity index (χ2n) is 22.3. The minimum atomic E-state index is -4.39. The fourth-order valence-corrected chi connectivity index (χ4v) is 10.6. The van der Waals surface area contributed by atoms with E-state index in [1.807, 2.05) is 0 Å². The van der Waals surface area contributed by atoms with E-state index >= 15 is 0 Å². The lowest BCUT2D eigenvalue weighted by atomic mass is 10.0. The topological polar surface area (TPSA) is 134 Å². The molecule has 0 bridgehead atoms. The number of hydrogen-bond donors (Lipinski definition) is 2. The largest absolute Gasteiger partial charge is 0.472 e. The van der Waals surface area contributed by atoms with Crippen LogP contribution in [0.25, 0.3) is 0 Å². The third kappa shape index (κ3) is 63.0. The molecule has 0 saturated carbocycles. The molecule has 0 spiro atoms. The molecule has 3 N–H and O–H groups in total. The van der Waals surface area contributed by atoms with Gasteiger partial charge in [-0.1, -0.05) is 319 Å². The molecule has 0 saturated heterocycles. The van der Waals surface area contributed by atoms with Crippen molar-refractivity contribution in [1.29, 1.82) is 0 Å². The molecule has 0 aliphatic rings. The minimum Gasteiger partial charge on any atom is -0.462 e. The van der Waals surface area contributed by atoms with Crippen molar-refractivity contribution in [2.45, 2.75) is 341 Å². The molecule has 2 atom stereocenters. The Bertz CT molecular complexity index is 1400. The molecule has 0 aliphatic carbocycles. The highest BCUT2D eigenvalue weighted by atomic mass is 31.2. The van der Waals surface area contributed by atoms with Gasteiger partial charge in [0.1, 0.15) is 6.61 Å². The lowest BCUT2D eigenvalue weighted by molar-refractivity contribution is -0.161. The highest BCUT2D eigenvalue weighted by Crippen LogP contribution is 2.43. The van der Waals surface area contributed by atoms with Crippen LogP contribution in [0.3, 0.4) is 0 Å². The van der Waals surface area contributed by atoms with Crippen LogP contribution < -0.4 is 5.73 Å². The van der Waals surface area contributed by atoms with Crippen molar-refractivity contribution in [3.8, 4) is 0 Å². The quantitative estimate of drug-likeness (QED) is 0.0264. The van der Waals surface area contributed by atoms with Crippen LogP contribution in [-0.2, 0) is 32.7 Å². The van der Waals surface area contributed by atoms with E-state index in [0.717, 1.165) is 70.6 Å². The first-order chi connectivity index (χ1) is 37.8. The second kappa shape index (κ2) is 63.2. The second-order valence-corrected chi connectivity index (χ2v) is 23.8. The highest BCUT2D eigenvalue weighted by molar-refractivity contribution is 7.47. The summed E-state index contributed by atoms with van der Waals surface area (Å²) in [6.07, 6.45) is 79.3. The number of phosphoric ester groups is 1. The maximum Gasteiger partial charge on any atom is 0.472 e. The zero-order valence-electron chi connectivity index (χ0n) is 50.7. The molecule has 0 aromatic rings. The Morgan fingerprint density at radius 1 is 0.403 bits per heavy atom. The Kier molecular flexibility index (Phi) is 61.5. The van der Waals surface area contributed by atoms with Gasteiger partial charge in [0.2, 0.25) is 0 Å². The first kappa shape index (κ1) is 75.0. The lowest BCUT2D eigenvalue weighted by Gasteiger charge is -2.19. The van der Waals surface area contributed by atoms with Gasteiger partial charge >= 0.3 is 19.8 Å². The number of allylic oxidation sites excluding steroid dienone is 8. The average Bonchev–Trinajstić information content (AvgIpc) is 3.42. The number of nitrogens with two attached hydrogens (primary N) is 1. The van der Waals surface area contributed by atoms with Crippen molar-refractivity contribution in [2.75, 3.05) is 26.4 Å². The summed E-state index contributed by atoms with van der Waals surface area (Å²) in [6, 6.07) is 0. The van der Waals surface area contributed by atoms with Gasteiger partial charge in [-0.25, -0.2) is 4.57 Å². The number of carbonyl (C=O) groups is 2. The number of hydrogen-bond acceptors (Lipinski definition) is 8. The SMILES string of the molecule is CC/C=C\C/C=C\C/C=C\C/C=C\CCCCCCCCCCC(=O)OC(COC(=O)CCCCCCCCCCCCCCCCCCCCCCCCCCCCCCCCCCCCC)COP(=O)(O)OCCN. The molecular weight excluding hydrogens is 978 g/mol. The van der Waals surface area contributed by atoms with E-state index in [2.05, 4.69) is 62.5 Å². The number of unbranched alkanes of at least 4 members (excludes halogenated alkanes) is 42. The lowest BCUT2D eigenvalue weighted by Crippen LogP contribution is -2.29.